The van der Waals surface area contributed by atoms with Gasteiger partial charge in [-0.2, -0.15) is 5.26 Å². The molecule has 0 N–H and O–H groups in total. The number of fused-ring (bicyclic) bond motifs is 2. The highest BCUT2D eigenvalue weighted by molar-refractivity contribution is 6.35. The summed E-state index contributed by atoms with van der Waals surface area (Å²) in [5, 5.41) is 9.06. The van der Waals surface area contributed by atoms with E-state index in [2.05, 4.69) is 11.1 Å². The van der Waals surface area contributed by atoms with Gasteiger partial charge in [0.15, 0.2) is 0 Å². The Morgan fingerprint density at radius 3 is 2.67 bits per heavy atom. The number of imidazole rings is 2. The highest BCUT2D eigenvalue weighted by atomic mass is 19.1. The molecule has 0 atom stereocenters. The number of rotatable bonds is 5. The van der Waals surface area contributed by atoms with Gasteiger partial charge in [-0.1, -0.05) is 47.9 Å². The lowest BCUT2D eigenvalue weighted by atomic mass is 9.89. The van der Waals surface area contributed by atoms with E-state index in [-0.39, 0.29) is 31.2 Å². The van der Waals surface area contributed by atoms with Crippen LogP contribution in [0.25, 0.3) is 11.3 Å². The molecule has 0 fully saturated rings. The fourth-order valence-electron chi connectivity index (χ4n) is 5.05. The smallest absolute Gasteiger partial charge is 0.233 e. The molecule has 39 heavy (non-hydrogen) atoms. The zero-order chi connectivity index (χ0) is 26.9. The molecule has 1 amide bonds. The lowest BCUT2D eigenvalue weighted by Crippen LogP contribution is -2.33. The summed E-state index contributed by atoms with van der Waals surface area (Å²) in [5.41, 5.74) is 6.26. The average molecular weight is 514 g/mol. The second-order valence-corrected chi connectivity index (χ2v) is 9.70. The van der Waals surface area contributed by atoms with Crippen LogP contribution in [0, 0.1) is 17.1 Å². The summed E-state index contributed by atoms with van der Waals surface area (Å²) in [6, 6.07) is 22.3. The van der Waals surface area contributed by atoms with E-state index >= 15 is 4.39 Å². The van der Waals surface area contributed by atoms with Crippen LogP contribution < -0.4 is 10.4 Å². The van der Waals surface area contributed by atoms with Crippen LogP contribution in [0.3, 0.4) is 0 Å². The second kappa shape index (κ2) is 10.1. The molecule has 6 rings (SSSR count). The number of halogens is 1. The number of benzene rings is 3. The van der Waals surface area contributed by atoms with Crippen LogP contribution in [0.2, 0.25) is 0 Å². The summed E-state index contributed by atoms with van der Waals surface area (Å²) >= 11 is 0. The van der Waals surface area contributed by atoms with E-state index in [0.717, 1.165) is 28.0 Å². The molecule has 0 radical (unpaired) electrons. The van der Waals surface area contributed by atoms with Gasteiger partial charge in [0.25, 0.3) is 0 Å². The quantitative estimate of drug-likeness (QED) is 0.338. The van der Waals surface area contributed by atoms with E-state index in [0.29, 0.717) is 29.2 Å². The van der Waals surface area contributed by atoms with Crippen LogP contribution in [0.5, 0.6) is 0 Å². The van der Waals surface area contributed by atoms with Crippen molar-refractivity contribution < 1.29 is 9.18 Å². The summed E-state index contributed by atoms with van der Waals surface area (Å²) in [7, 11) is 2.03. The number of hydrogen-bond acceptors (Lipinski definition) is 4. The molecule has 3 aromatic carbocycles. The highest BCUT2D eigenvalue weighted by Gasteiger charge is 2.28. The van der Waals surface area contributed by atoms with E-state index in [1.54, 1.807) is 41.7 Å². The van der Waals surface area contributed by atoms with Gasteiger partial charge in [0.05, 0.1) is 48.9 Å². The van der Waals surface area contributed by atoms with E-state index in [4.69, 9.17) is 10.2 Å². The molecule has 7 nitrogen and oxygen atoms in total. The highest BCUT2D eigenvalue weighted by Crippen LogP contribution is 2.31. The number of nitrogens with zero attached hydrogens (tertiary/aromatic N) is 6. The van der Waals surface area contributed by atoms with Crippen molar-refractivity contribution in [2.75, 3.05) is 4.90 Å². The minimum Gasteiger partial charge on any atom is -0.330 e. The molecule has 1 aliphatic heterocycles. The van der Waals surface area contributed by atoms with Gasteiger partial charge in [-0.05, 0) is 35.4 Å². The number of anilines is 1. The molecule has 0 unspecified atom stereocenters. The zero-order valence-electron chi connectivity index (χ0n) is 21.4. The Balaban J connectivity index is 1.31. The molecule has 5 aromatic rings. The largest absolute Gasteiger partial charge is 0.330 e. The van der Waals surface area contributed by atoms with E-state index < -0.39 is 0 Å². The van der Waals surface area contributed by atoms with Crippen LogP contribution in [-0.2, 0) is 30.8 Å². The van der Waals surface area contributed by atoms with Crippen LogP contribution in [0.4, 0.5) is 10.1 Å². The maximum Gasteiger partial charge on any atom is 0.233 e. The Kier molecular flexibility index (Phi) is 6.29. The molecule has 0 saturated carbocycles. The summed E-state index contributed by atoms with van der Waals surface area (Å²) < 4.78 is 19.0. The van der Waals surface area contributed by atoms with Crippen molar-refractivity contribution in [2.45, 2.75) is 26.1 Å². The lowest BCUT2D eigenvalue weighted by molar-refractivity contribution is -0.118. The number of amides is 1. The van der Waals surface area contributed by atoms with Gasteiger partial charge in [0.1, 0.15) is 19.5 Å². The molecule has 9 heteroatoms. The molecule has 1 aliphatic rings. The molecule has 3 heterocycles. The fourth-order valence-corrected chi connectivity index (χ4v) is 5.05. The van der Waals surface area contributed by atoms with Crippen LogP contribution in [0.15, 0.2) is 85.5 Å². The third kappa shape index (κ3) is 4.73. The maximum absolute atomic E-state index is 15.1. The lowest BCUT2D eigenvalue weighted by Gasteiger charge is -2.23. The SMILES string of the molecule is Bc1ccccc1-c1cn2c(n1)CN(C(=O)Cc1cncn1Cc1ccc(C#N)cc1)c1cccc(F)c1C2. The molecule has 190 valence electrons. The van der Waals surface area contributed by atoms with E-state index in [9.17, 15) is 4.79 Å². The molecule has 2 aromatic heterocycles. The molecule has 0 spiro atoms. The summed E-state index contributed by atoms with van der Waals surface area (Å²) in [5.74, 6) is 0.177. The van der Waals surface area contributed by atoms with Crippen LogP contribution in [-0.4, -0.2) is 32.9 Å². The monoisotopic (exact) mass is 514 g/mol. The third-order valence-corrected chi connectivity index (χ3v) is 7.16. The number of aromatic nitrogens is 4. The minimum atomic E-state index is -0.352. The van der Waals surface area contributed by atoms with Crippen molar-refractivity contribution in [1.82, 2.24) is 19.1 Å². The third-order valence-electron chi connectivity index (χ3n) is 7.16. The number of carbonyl (C=O) groups excluding carboxylic acids is 1. The average Bonchev–Trinajstić information content (AvgIpc) is 3.51. The van der Waals surface area contributed by atoms with Gasteiger partial charge in [-0.25, -0.2) is 14.4 Å². The van der Waals surface area contributed by atoms with E-state index in [1.165, 1.54) is 6.07 Å². The number of hydrogen-bond donors (Lipinski definition) is 0. The molecular weight excluding hydrogens is 490 g/mol. The first-order valence-electron chi connectivity index (χ1n) is 12.7. The fraction of sp³-hybridized carbons (Fsp3) is 0.133. The van der Waals surface area contributed by atoms with Gasteiger partial charge in [0.2, 0.25) is 5.91 Å². The molecule has 0 bridgehead atoms. The van der Waals surface area contributed by atoms with Crippen LogP contribution in [0.1, 0.15) is 28.2 Å². The first kappa shape index (κ1) is 24.4. The summed E-state index contributed by atoms with van der Waals surface area (Å²) in [4.78, 5) is 24.6. The van der Waals surface area contributed by atoms with Gasteiger partial charge in [-0.3, -0.25) is 4.79 Å². The Hall–Kier alpha value is -4.97. The molecular formula is C30H24BFN6O. The molecule has 0 aliphatic carbocycles. The maximum atomic E-state index is 15.1. The summed E-state index contributed by atoms with van der Waals surface area (Å²) in [6.45, 7) is 1.03. The van der Waals surface area contributed by atoms with Crippen molar-refractivity contribution in [3.05, 3.63) is 119 Å². The first-order valence-corrected chi connectivity index (χ1v) is 12.7. The van der Waals surface area contributed by atoms with Gasteiger partial charge >= 0.3 is 0 Å². The van der Waals surface area contributed by atoms with Crippen molar-refractivity contribution in [1.29, 1.82) is 5.26 Å². The zero-order valence-corrected chi connectivity index (χ0v) is 21.4. The second-order valence-electron chi connectivity index (χ2n) is 9.70. The van der Waals surface area contributed by atoms with Crippen LogP contribution >= 0.6 is 0 Å². The standard InChI is InChI=1S/C30H24BFN6O/c31-25-5-2-1-4-23(25)27-17-36-16-24-26(32)6-3-7-28(24)38(18-29(36)35-27)30(39)12-22-14-34-19-37(22)15-21-10-8-20(13-33)9-11-21/h1-11,14,17,19H,12,15-16,18,31H2. The Morgan fingerprint density at radius 1 is 1.05 bits per heavy atom. The van der Waals surface area contributed by atoms with Crippen molar-refractivity contribution in [2.24, 2.45) is 0 Å². The van der Waals surface area contributed by atoms with E-state index in [1.807, 2.05) is 59.6 Å². The Labute approximate surface area is 226 Å². The van der Waals surface area contributed by atoms with Crippen molar-refractivity contribution >= 4 is 24.9 Å². The number of carbonyl (C=O) groups is 1. The topological polar surface area (TPSA) is 79.7 Å². The first-order chi connectivity index (χ1) is 19.0. The normalized spacial score (nSPS) is 12.4. The number of nitriles is 1. The predicted molar refractivity (Wildman–Crippen MR) is 149 cm³/mol. The Bertz CT molecular complexity index is 1730. The Morgan fingerprint density at radius 2 is 1.87 bits per heavy atom. The van der Waals surface area contributed by atoms with Gasteiger partial charge < -0.3 is 14.0 Å². The molecule has 0 saturated heterocycles. The summed E-state index contributed by atoms with van der Waals surface area (Å²) in [6.07, 6.45) is 5.41. The van der Waals surface area contributed by atoms with Gasteiger partial charge in [0, 0.05) is 30.2 Å². The van der Waals surface area contributed by atoms with Gasteiger partial charge in [-0.15, -0.1) is 0 Å². The predicted octanol–water partition coefficient (Wildman–Crippen LogP) is 3.20. The van der Waals surface area contributed by atoms with Crippen molar-refractivity contribution in [3.8, 4) is 17.3 Å². The minimum absolute atomic E-state index is 0.0948. The van der Waals surface area contributed by atoms with Crippen molar-refractivity contribution in [3.63, 3.8) is 0 Å².